The summed E-state index contributed by atoms with van der Waals surface area (Å²) in [6.07, 6.45) is 2.88. The maximum absolute atomic E-state index is 12.0. The number of anilines is 1. The quantitative estimate of drug-likeness (QED) is 0.615. The van der Waals surface area contributed by atoms with Crippen molar-refractivity contribution in [3.05, 3.63) is 63.6 Å². The fraction of sp³-hybridized carbons (Fsp3) is 0.111. The first-order valence-electron chi connectivity index (χ1n) is 7.15. The normalized spacial score (nSPS) is 10.6. The van der Waals surface area contributed by atoms with Crippen molar-refractivity contribution >= 4 is 46.8 Å². The Morgan fingerprint density at radius 3 is 2.36 bits per heavy atom. The van der Waals surface area contributed by atoms with E-state index in [1.165, 1.54) is 20.3 Å². The van der Waals surface area contributed by atoms with E-state index in [2.05, 4.69) is 10.1 Å². The van der Waals surface area contributed by atoms with Crippen molar-refractivity contribution in [1.29, 1.82) is 0 Å². The van der Waals surface area contributed by atoms with Gasteiger partial charge in [-0.15, -0.1) is 0 Å². The van der Waals surface area contributed by atoms with Gasteiger partial charge in [-0.2, -0.15) is 0 Å². The van der Waals surface area contributed by atoms with E-state index < -0.39 is 5.97 Å². The van der Waals surface area contributed by atoms with Crippen molar-refractivity contribution in [2.75, 3.05) is 19.5 Å². The van der Waals surface area contributed by atoms with Crippen molar-refractivity contribution in [3.8, 4) is 5.75 Å². The van der Waals surface area contributed by atoms with Gasteiger partial charge in [-0.3, -0.25) is 4.79 Å². The van der Waals surface area contributed by atoms with Crippen LogP contribution in [-0.4, -0.2) is 26.1 Å². The average Bonchev–Trinajstić information content (AvgIpc) is 2.59. The molecule has 130 valence electrons. The zero-order chi connectivity index (χ0) is 18.4. The minimum atomic E-state index is -0.442. The molecule has 1 amide bonds. The van der Waals surface area contributed by atoms with Gasteiger partial charge in [0.25, 0.3) is 0 Å². The van der Waals surface area contributed by atoms with Crippen molar-refractivity contribution in [2.24, 2.45) is 0 Å². The lowest BCUT2D eigenvalue weighted by Crippen LogP contribution is -2.08. The van der Waals surface area contributed by atoms with E-state index in [4.69, 9.17) is 27.9 Å². The van der Waals surface area contributed by atoms with Crippen molar-refractivity contribution < 1.29 is 19.1 Å². The highest BCUT2D eigenvalue weighted by atomic mass is 35.5. The van der Waals surface area contributed by atoms with Crippen LogP contribution in [0.25, 0.3) is 6.08 Å². The zero-order valence-corrected chi connectivity index (χ0v) is 15.0. The molecule has 0 bridgehead atoms. The molecule has 0 aromatic heterocycles. The number of hydrogen-bond donors (Lipinski definition) is 1. The Morgan fingerprint density at radius 1 is 1.08 bits per heavy atom. The summed E-state index contributed by atoms with van der Waals surface area (Å²) in [6.45, 7) is 0. The third-order valence-electron chi connectivity index (χ3n) is 3.23. The van der Waals surface area contributed by atoms with Gasteiger partial charge >= 0.3 is 5.97 Å². The number of carbonyl (C=O) groups excluding carboxylic acids is 2. The second-order valence-corrected chi connectivity index (χ2v) is 5.75. The molecule has 0 saturated carbocycles. The number of methoxy groups -OCH3 is 2. The summed E-state index contributed by atoms with van der Waals surface area (Å²) in [5, 5.41) is 3.47. The van der Waals surface area contributed by atoms with E-state index in [0.717, 1.165) is 0 Å². The van der Waals surface area contributed by atoms with Gasteiger partial charge in [-0.1, -0.05) is 23.2 Å². The lowest BCUT2D eigenvalue weighted by Gasteiger charge is -2.08. The van der Waals surface area contributed by atoms with Gasteiger partial charge in [0.15, 0.2) is 0 Å². The summed E-state index contributed by atoms with van der Waals surface area (Å²) >= 11 is 12.0. The summed E-state index contributed by atoms with van der Waals surface area (Å²) in [7, 11) is 2.79. The number of nitrogens with one attached hydrogen (secondary N) is 1. The Balaban J connectivity index is 2.10. The number of carbonyl (C=O) groups is 2. The molecule has 0 aliphatic heterocycles. The lowest BCUT2D eigenvalue weighted by atomic mass is 10.1. The lowest BCUT2D eigenvalue weighted by molar-refractivity contribution is -0.111. The molecule has 0 spiro atoms. The number of hydrogen-bond acceptors (Lipinski definition) is 4. The molecule has 2 aromatic carbocycles. The van der Waals surface area contributed by atoms with Crippen LogP contribution in [0, 0.1) is 0 Å². The van der Waals surface area contributed by atoms with Crippen LogP contribution >= 0.6 is 23.2 Å². The summed E-state index contributed by atoms with van der Waals surface area (Å²) < 4.78 is 9.83. The molecule has 0 heterocycles. The van der Waals surface area contributed by atoms with Crippen molar-refractivity contribution in [3.63, 3.8) is 0 Å². The molecule has 7 heteroatoms. The third-order valence-corrected chi connectivity index (χ3v) is 3.73. The topological polar surface area (TPSA) is 64.6 Å². The second kappa shape index (κ2) is 8.55. The molecule has 2 aromatic rings. The number of halogens is 2. The first-order chi connectivity index (χ1) is 11.9. The predicted molar refractivity (Wildman–Crippen MR) is 98.5 cm³/mol. The van der Waals surface area contributed by atoms with E-state index in [1.807, 2.05) is 0 Å². The highest BCUT2D eigenvalue weighted by molar-refractivity contribution is 6.36. The fourth-order valence-corrected chi connectivity index (χ4v) is 2.66. The van der Waals surface area contributed by atoms with Crippen molar-refractivity contribution in [2.45, 2.75) is 0 Å². The average molecular weight is 380 g/mol. The molecular weight excluding hydrogens is 365 g/mol. The first kappa shape index (κ1) is 18.8. The predicted octanol–water partition coefficient (Wildman–Crippen LogP) is 4.44. The standard InChI is InChI=1S/C18H15Cl2NO4/c1-24-17-12(9-13(19)10-15(17)20)5-8-16(22)21-14-6-3-11(4-7-14)18(23)25-2/h3-10H,1-2H3,(H,21,22). The molecule has 2 rings (SSSR count). The van der Waals surface area contributed by atoms with Crippen LogP contribution in [0.15, 0.2) is 42.5 Å². The highest BCUT2D eigenvalue weighted by Gasteiger charge is 2.08. The SMILES string of the molecule is COC(=O)c1ccc(NC(=O)C=Cc2cc(Cl)cc(Cl)c2OC)cc1. The Bertz CT molecular complexity index is 817. The summed E-state index contributed by atoms with van der Waals surface area (Å²) in [4.78, 5) is 23.4. The van der Waals surface area contributed by atoms with Crippen LogP contribution in [0.1, 0.15) is 15.9 Å². The number of esters is 1. The van der Waals surface area contributed by atoms with Crippen LogP contribution in [0.2, 0.25) is 10.0 Å². The smallest absolute Gasteiger partial charge is 0.337 e. The Labute approximate surface area is 155 Å². The molecule has 0 unspecified atom stereocenters. The number of amides is 1. The van der Waals surface area contributed by atoms with Crippen LogP contribution < -0.4 is 10.1 Å². The van der Waals surface area contributed by atoms with E-state index in [9.17, 15) is 9.59 Å². The van der Waals surface area contributed by atoms with Gasteiger partial charge in [0.1, 0.15) is 5.75 Å². The van der Waals surface area contributed by atoms with Crippen LogP contribution in [-0.2, 0) is 9.53 Å². The van der Waals surface area contributed by atoms with Gasteiger partial charge in [0.2, 0.25) is 5.91 Å². The summed E-state index contributed by atoms with van der Waals surface area (Å²) in [5.74, 6) is -0.371. The van der Waals surface area contributed by atoms with E-state index in [0.29, 0.717) is 32.6 Å². The third kappa shape index (κ3) is 4.98. The molecule has 0 atom stereocenters. The Hall–Kier alpha value is -2.50. The molecule has 0 aliphatic carbocycles. The van der Waals surface area contributed by atoms with Gasteiger partial charge in [0, 0.05) is 22.3 Å². The summed E-state index contributed by atoms with van der Waals surface area (Å²) in [5.41, 5.74) is 1.52. The van der Waals surface area contributed by atoms with E-state index in [-0.39, 0.29) is 5.91 Å². The molecule has 25 heavy (non-hydrogen) atoms. The molecule has 0 fully saturated rings. The second-order valence-electron chi connectivity index (χ2n) is 4.90. The first-order valence-corrected chi connectivity index (χ1v) is 7.90. The van der Waals surface area contributed by atoms with Gasteiger partial charge in [-0.25, -0.2) is 4.79 Å². The molecule has 0 radical (unpaired) electrons. The van der Waals surface area contributed by atoms with Crippen molar-refractivity contribution in [1.82, 2.24) is 0 Å². The highest BCUT2D eigenvalue weighted by Crippen LogP contribution is 2.32. The van der Waals surface area contributed by atoms with Crippen LogP contribution in [0.5, 0.6) is 5.75 Å². The monoisotopic (exact) mass is 379 g/mol. The maximum Gasteiger partial charge on any atom is 0.337 e. The molecule has 0 aliphatic rings. The molecule has 5 nitrogen and oxygen atoms in total. The Morgan fingerprint density at radius 2 is 1.76 bits per heavy atom. The number of rotatable bonds is 5. The van der Waals surface area contributed by atoms with E-state index in [1.54, 1.807) is 42.5 Å². The van der Waals surface area contributed by atoms with Crippen LogP contribution in [0.4, 0.5) is 5.69 Å². The molecule has 0 saturated heterocycles. The van der Waals surface area contributed by atoms with Gasteiger partial charge in [0.05, 0.1) is 24.8 Å². The molecule has 1 N–H and O–H groups in total. The van der Waals surface area contributed by atoms with Gasteiger partial charge in [-0.05, 0) is 42.5 Å². The summed E-state index contributed by atoms with van der Waals surface area (Å²) in [6, 6.07) is 9.53. The Kier molecular flexibility index (Phi) is 6.44. The largest absolute Gasteiger partial charge is 0.495 e. The number of benzene rings is 2. The zero-order valence-electron chi connectivity index (χ0n) is 13.5. The maximum atomic E-state index is 12.0. The van der Waals surface area contributed by atoms with Gasteiger partial charge < -0.3 is 14.8 Å². The minimum absolute atomic E-state index is 0.355. The number of ether oxygens (including phenoxy) is 2. The van der Waals surface area contributed by atoms with E-state index >= 15 is 0 Å². The fourth-order valence-electron chi connectivity index (χ4n) is 2.08. The molecular formula is C18H15Cl2NO4. The van der Waals surface area contributed by atoms with Crippen LogP contribution in [0.3, 0.4) is 0 Å². The minimum Gasteiger partial charge on any atom is -0.495 e.